The Labute approximate surface area is 105 Å². The Hall–Kier alpha value is -1.69. The number of nitrogens with one attached hydrogen (secondary N) is 1. The Morgan fingerprint density at radius 2 is 2.22 bits per heavy atom. The maximum Gasteiger partial charge on any atom is 0.273 e. The van der Waals surface area contributed by atoms with Gasteiger partial charge in [-0.2, -0.15) is 0 Å². The molecule has 0 saturated carbocycles. The second-order valence-corrected chi connectivity index (χ2v) is 4.79. The number of likely N-dealkylation sites (tertiary alicyclic amines) is 1. The van der Waals surface area contributed by atoms with Crippen LogP contribution < -0.4 is 11.3 Å². The summed E-state index contributed by atoms with van der Waals surface area (Å²) in [6.45, 7) is 3.41. The Morgan fingerprint density at radius 1 is 1.56 bits per heavy atom. The van der Waals surface area contributed by atoms with E-state index in [0.29, 0.717) is 19.0 Å². The summed E-state index contributed by atoms with van der Waals surface area (Å²) in [4.78, 5) is 31.1. The number of H-pyrrole nitrogens is 1. The summed E-state index contributed by atoms with van der Waals surface area (Å²) in [5, 5.41) is 0. The SMILES string of the molecule is CC(N)C1CCN(C(=O)c2c[nH]c(=O)cn2)CC1. The second-order valence-electron chi connectivity index (χ2n) is 4.79. The lowest BCUT2D eigenvalue weighted by atomic mass is 9.91. The summed E-state index contributed by atoms with van der Waals surface area (Å²) in [6, 6.07) is 0.174. The molecule has 1 atom stereocenters. The maximum absolute atomic E-state index is 12.1. The Kier molecular flexibility index (Phi) is 3.76. The fraction of sp³-hybridized carbons (Fsp3) is 0.583. The minimum atomic E-state index is -0.304. The van der Waals surface area contributed by atoms with Crippen molar-refractivity contribution in [2.24, 2.45) is 11.7 Å². The monoisotopic (exact) mass is 250 g/mol. The second kappa shape index (κ2) is 5.30. The van der Waals surface area contributed by atoms with Crippen molar-refractivity contribution in [2.75, 3.05) is 13.1 Å². The molecule has 2 rings (SSSR count). The molecule has 1 aliphatic heterocycles. The quantitative estimate of drug-likeness (QED) is 0.771. The minimum absolute atomic E-state index is 0.130. The van der Waals surface area contributed by atoms with Crippen LogP contribution in [0.3, 0.4) is 0 Å². The molecule has 1 unspecified atom stereocenters. The largest absolute Gasteiger partial charge is 0.337 e. The van der Waals surface area contributed by atoms with Crippen molar-refractivity contribution in [3.8, 4) is 0 Å². The predicted molar refractivity (Wildman–Crippen MR) is 67.1 cm³/mol. The average Bonchev–Trinajstić information content (AvgIpc) is 2.39. The molecular weight excluding hydrogens is 232 g/mol. The van der Waals surface area contributed by atoms with Crippen LogP contribution in [0.1, 0.15) is 30.3 Å². The number of aromatic amines is 1. The van der Waals surface area contributed by atoms with Gasteiger partial charge in [-0.3, -0.25) is 9.59 Å². The van der Waals surface area contributed by atoms with E-state index in [0.717, 1.165) is 19.0 Å². The Balaban J connectivity index is 1.99. The molecule has 0 spiro atoms. The van der Waals surface area contributed by atoms with Crippen LogP contribution in [0.25, 0.3) is 0 Å². The fourth-order valence-electron chi connectivity index (χ4n) is 2.25. The zero-order valence-corrected chi connectivity index (χ0v) is 10.4. The molecule has 2 heterocycles. The van der Waals surface area contributed by atoms with Crippen LogP contribution in [0.15, 0.2) is 17.2 Å². The molecule has 3 N–H and O–H groups in total. The highest BCUT2D eigenvalue weighted by Crippen LogP contribution is 2.20. The normalized spacial score (nSPS) is 18.7. The van der Waals surface area contributed by atoms with E-state index < -0.39 is 0 Å². The molecule has 1 aromatic heterocycles. The van der Waals surface area contributed by atoms with Gasteiger partial charge in [0.2, 0.25) is 0 Å². The van der Waals surface area contributed by atoms with E-state index in [9.17, 15) is 9.59 Å². The van der Waals surface area contributed by atoms with Gasteiger partial charge in [0, 0.05) is 25.3 Å². The van der Waals surface area contributed by atoms with E-state index >= 15 is 0 Å². The number of carbonyl (C=O) groups is 1. The molecule has 1 aliphatic rings. The molecule has 0 aromatic carbocycles. The highest BCUT2D eigenvalue weighted by atomic mass is 16.2. The number of carbonyl (C=O) groups excluding carboxylic acids is 1. The van der Waals surface area contributed by atoms with Gasteiger partial charge in [0.1, 0.15) is 5.69 Å². The lowest BCUT2D eigenvalue weighted by Gasteiger charge is -2.33. The molecule has 1 fully saturated rings. The number of rotatable bonds is 2. The van der Waals surface area contributed by atoms with Crippen LogP contribution in [0, 0.1) is 5.92 Å². The van der Waals surface area contributed by atoms with Crippen LogP contribution >= 0.6 is 0 Å². The molecule has 0 aliphatic carbocycles. The summed E-state index contributed by atoms with van der Waals surface area (Å²) < 4.78 is 0. The first kappa shape index (κ1) is 12.8. The van der Waals surface area contributed by atoms with Crippen molar-refractivity contribution in [1.29, 1.82) is 0 Å². The standard InChI is InChI=1S/C12H18N4O2/c1-8(13)9-2-4-16(5-3-9)12(18)10-6-15-11(17)7-14-10/h6-9H,2-5,13H2,1H3,(H,15,17). The van der Waals surface area contributed by atoms with Gasteiger partial charge in [0.15, 0.2) is 0 Å². The molecule has 6 heteroatoms. The van der Waals surface area contributed by atoms with Gasteiger partial charge in [0.05, 0.1) is 6.20 Å². The van der Waals surface area contributed by atoms with Gasteiger partial charge in [-0.1, -0.05) is 0 Å². The Bertz CT molecular complexity index is 455. The summed E-state index contributed by atoms with van der Waals surface area (Å²) >= 11 is 0. The Morgan fingerprint density at radius 3 is 2.72 bits per heavy atom. The van der Waals surface area contributed by atoms with Gasteiger partial charge in [-0.15, -0.1) is 0 Å². The molecule has 0 radical (unpaired) electrons. The van der Waals surface area contributed by atoms with Crippen LogP contribution in [-0.4, -0.2) is 39.9 Å². The van der Waals surface area contributed by atoms with Crippen molar-refractivity contribution in [3.05, 3.63) is 28.4 Å². The molecule has 18 heavy (non-hydrogen) atoms. The summed E-state index contributed by atoms with van der Waals surface area (Å²) in [7, 11) is 0. The first-order chi connectivity index (χ1) is 8.58. The lowest BCUT2D eigenvalue weighted by Crippen LogP contribution is -2.42. The topological polar surface area (TPSA) is 92.1 Å². The number of aromatic nitrogens is 2. The molecule has 1 amide bonds. The lowest BCUT2D eigenvalue weighted by molar-refractivity contribution is 0.0674. The van der Waals surface area contributed by atoms with Gasteiger partial charge >= 0.3 is 0 Å². The molecule has 1 saturated heterocycles. The van der Waals surface area contributed by atoms with Crippen molar-refractivity contribution in [3.63, 3.8) is 0 Å². The highest BCUT2D eigenvalue weighted by molar-refractivity contribution is 5.91. The van der Waals surface area contributed by atoms with Gasteiger partial charge in [-0.25, -0.2) is 4.98 Å². The highest BCUT2D eigenvalue weighted by Gasteiger charge is 2.25. The number of piperidine rings is 1. The van der Waals surface area contributed by atoms with Crippen LogP contribution in [0.4, 0.5) is 0 Å². The molecule has 1 aromatic rings. The third-order valence-corrected chi connectivity index (χ3v) is 3.46. The number of nitrogens with two attached hydrogens (primary N) is 1. The first-order valence-corrected chi connectivity index (χ1v) is 6.17. The fourth-order valence-corrected chi connectivity index (χ4v) is 2.25. The summed E-state index contributed by atoms with van der Waals surface area (Å²) in [5.74, 6) is 0.354. The first-order valence-electron chi connectivity index (χ1n) is 6.17. The van der Waals surface area contributed by atoms with E-state index in [1.54, 1.807) is 4.90 Å². The van der Waals surface area contributed by atoms with Crippen LogP contribution in [-0.2, 0) is 0 Å². The number of hydrogen-bond acceptors (Lipinski definition) is 4. The smallest absolute Gasteiger partial charge is 0.273 e. The zero-order valence-electron chi connectivity index (χ0n) is 10.4. The van der Waals surface area contributed by atoms with E-state index in [-0.39, 0.29) is 23.2 Å². The summed E-state index contributed by atoms with van der Waals surface area (Å²) in [6.07, 6.45) is 4.34. The third-order valence-electron chi connectivity index (χ3n) is 3.46. The van der Waals surface area contributed by atoms with Gasteiger partial charge in [0.25, 0.3) is 11.5 Å². The van der Waals surface area contributed by atoms with Gasteiger partial charge < -0.3 is 15.6 Å². The van der Waals surface area contributed by atoms with Crippen molar-refractivity contribution < 1.29 is 4.79 Å². The van der Waals surface area contributed by atoms with Crippen molar-refractivity contribution in [1.82, 2.24) is 14.9 Å². The molecular formula is C12H18N4O2. The van der Waals surface area contributed by atoms with Crippen LogP contribution in [0.2, 0.25) is 0 Å². The van der Waals surface area contributed by atoms with Crippen LogP contribution in [0.5, 0.6) is 0 Å². The van der Waals surface area contributed by atoms with E-state index in [1.165, 1.54) is 6.20 Å². The zero-order chi connectivity index (χ0) is 13.1. The van der Waals surface area contributed by atoms with Gasteiger partial charge in [-0.05, 0) is 25.7 Å². The molecule has 98 valence electrons. The minimum Gasteiger partial charge on any atom is -0.337 e. The van der Waals surface area contributed by atoms with E-state index in [1.807, 2.05) is 6.92 Å². The number of nitrogens with zero attached hydrogens (tertiary/aromatic N) is 2. The number of hydrogen-bond donors (Lipinski definition) is 2. The maximum atomic E-state index is 12.1. The van der Waals surface area contributed by atoms with Crippen molar-refractivity contribution in [2.45, 2.75) is 25.8 Å². The molecule has 6 nitrogen and oxygen atoms in total. The van der Waals surface area contributed by atoms with E-state index in [2.05, 4.69) is 9.97 Å². The average molecular weight is 250 g/mol. The van der Waals surface area contributed by atoms with Crippen molar-refractivity contribution >= 4 is 5.91 Å². The van der Waals surface area contributed by atoms with E-state index in [4.69, 9.17) is 5.73 Å². The predicted octanol–water partition coefficient (Wildman–Crippen LogP) is -0.0307. The summed E-state index contributed by atoms with van der Waals surface area (Å²) in [5.41, 5.74) is 5.84. The molecule has 0 bridgehead atoms. The third kappa shape index (κ3) is 2.76. The number of amides is 1.